The highest BCUT2D eigenvalue weighted by Gasteiger charge is 2.28. The van der Waals surface area contributed by atoms with Crippen molar-refractivity contribution in [2.24, 2.45) is 5.73 Å². The number of nitrogens with zero attached hydrogens (tertiary/aromatic N) is 1. The van der Waals surface area contributed by atoms with Gasteiger partial charge >= 0.3 is 0 Å². The summed E-state index contributed by atoms with van der Waals surface area (Å²) in [4.78, 5) is 40.8. The number of benzene rings is 2. The number of amides is 2. The monoisotopic (exact) mass is 459 g/mol. The minimum absolute atomic E-state index is 0.119. The first kappa shape index (κ1) is 21.1. The summed E-state index contributed by atoms with van der Waals surface area (Å²) in [6.45, 7) is 2.25. The fraction of sp³-hybridized carbons (Fsp3) is 0.160. The molecule has 0 spiro atoms. The lowest BCUT2D eigenvalue weighted by atomic mass is 10.0. The van der Waals surface area contributed by atoms with Crippen LogP contribution in [0.3, 0.4) is 0 Å². The van der Waals surface area contributed by atoms with Gasteiger partial charge in [0.15, 0.2) is 11.2 Å². The van der Waals surface area contributed by atoms with E-state index in [0.717, 1.165) is 29.6 Å². The average molecular weight is 460 g/mol. The summed E-state index contributed by atoms with van der Waals surface area (Å²) in [5.74, 6) is -1.30. The van der Waals surface area contributed by atoms with Gasteiger partial charge in [-0.2, -0.15) is 0 Å². The molecule has 2 aromatic carbocycles. The molecule has 0 aliphatic carbocycles. The maximum atomic E-state index is 12.9. The van der Waals surface area contributed by atoms with Crippen LogP contribution < -0.4 is 16.5 Å². The Bertz CT molecular complexity index is 1420. The second kappa shape index (κ2) is 8.65. The predicted octanol–water partition coefficient (Wildman–Crippen LogP) is 3.76. The smallest absolute Gasteiger partial charge is 0.292 e. The van der Waals surface area contributed by atoms with Crippen molar-refractivity contribution in [3.05, 3.63) is 98.2 Å². The third-order valence-corrected chi connectivity index (χ3v) is 6.85. The number of hydrogen-bond donors (Lipinski definition) is 2. The molecule has 5 rings (SSSR count). The number of thiophene rings is 1. The molecule has 0 saturated heterocycles. The molecule has 2 aromatic heterocycles. The van der Waals surface area contributed by atoms with Crippen molar-refractivity contribution in [3.63, 3.8) is 0 Å². The minimum Gasteiger partial charge on any atom is -0.451 e. The van der Waals surface area contributed by atoms with Crippen LogP contribution in [0.25, 0.3) is 11.0 Å². The van der Waals surface area contributed by atoms with Gasteiger partial charge in [-0.1, -0.05) is 42.5 Å². The van der Waals surface area contributed by atoms with Crippen LogP contribution in [-0.4, -0.2) is 23.3 Å². The molecule has 7 nitrogen and oxygen atoms in total. The first-order valence-electron chi connectivity index (χ1n) is 10.5. The number of primary amides is 1. The predicted molar refractivity (Wildman–Crippen MR) is 128 cm³/mol. The standard InChI is InChI=1S/C25H21N3O4S/c26-23(30)22-17-10-11-28(13-15-6-2-1-3-7-15)14-21(17)33-25(22)27-24(31)20-12-18(29)16-8-4-5-9-19(16)32-20/h1-9,12H,10-11,13-14H2,(H2,26,30)(H,27,31). The quantitative estimate of drug-likeness (QED) is 0.473. The fourth-order valence-electron chi connectivity index (χ4n) is 4.16. The maximum absolute atomic E-state index is 12.9. The van der Waals surface area contributed by atoms with E-state index in [1.165, 1.54) is 16.9 Å². The van der Waals surface area contributed by atoms with Crippen molar-refractivity contribution in [1.29, 1.82) is 0 Å². The van der Waals surface area contributed by atoms with Crippen molar-refractivity contribution in [3.8, 4) is 0 Å². The number of fused-ring (bicyclic) bond motifs is 2. The van der Waals surface area contributed by atoms with Gasteiger partial charge in [0.05, 0.1) is 10.9 Å². The number of hydrogen-bond acceptors (Lipinski definition) is 6. The number of nitrogens with one attached hydrogen (secondary N) is 1. The Hall–Kier alpha value is -3.75. The Morgan fingerprint density at radius 2 is 1.85 bits per heavy atom. The van der Waals surface area contributed by atoms with Gasteiger partial charge in [0.25, 0.3) is 11.8 Å². The number of para-hydroxylation sites is 1. The van der Waals surface area contributed by atoms with Crippen LogP contribution in [0.2, 0.25) is 0 Å². The van der Waals surface area contributed by atoms with E-state index in [9.17, 15) is 14.4 Å². The second-order valence-corrected chi connectivity index (χ2v) is 9.05. The summed E-state index contributed by atoms with van der Waals surface area (Å²) in [6, 6.07) is 18.1. The summed E-state index contributed by atoms with van der Waals surface area (Å²) in [5, 5.41) is 3.53. The van der Waals surface area contributed by atoms with Crippen LogP contribution in [0, 0.1) is 0 Å². The molecule has 33 heavy (non-hydrogen) atoms. The Kier molecular flexibility index (Phi) is 5.53. The van der Waals surface area contributed by atoms with Gasteiger partial charge in [-0.05, 0) is 29.7 Å². The molecular weight excluding hydrogens is 438 g/mol. The molecule has 2 amide bonds. The molecule has 166 valence electrons. The summed E-state index contributed by atoms with van der Waals surface area (Å²) >= 11 is 1.34. The molecule has 0 fully saturated rings. The van der Waals surface area contributed by atoms with Crippen LogP contribution in [0.5, 0.6) is 0 Å². The first-order valence-corrected chi connectivity index (χ1v) is 11.4. The van der Waals surface area contributed by atoms with Gasteiger partial charge in [-0.3, -0.25) is 19.3 Å². The normalized spacial score (nSPS) is 13.6. The summed E-state index contributed by atoms with van der Waals surface area (Å²) in [7, 11) is 0. The molecule has 0 atom stereocenters. The van der Waals surface area contributed by atoms with Crippen molar-refractivity contribution >= 4 is 39.1 Å². The van der Waals surface area contributed by atoms with E-state index in [1.54, 1.807) is 24.3 Å². The molecule has 3 heterocycles. The maximum Gasteiger partial charge on any atom is 0.292 e. The lowest BCUT2D eigenvalue weighted by molar-refractivity contribution is 0.0997. The number of nitrogens with two attached hydrogens (primary N) is 1. The van der Waals surface area contributed by atoms with Crippen LogP contribution in [0.4, 0.5) is 5.00 Å². The topological polar surface area (TPSA) is 106 Å². The zero-order chi connectivity index (χ0) is 22.9. The van der Waals surface area contributed by atoms with Crippen LogP contribution in [0.15, 0.2) is 69.9 Å². The Balaban J connectivity index is 1.42. The van der Waals surface area contributed by atoms with E-state index in [4.69, 9.17) is 10.2 Å². The largest absolute Gasteiger partial charge is 0.451 e. The summed E-state index contributed by atoms with van der Waals surface area (Å²) in [5.41, 5.74) is 8.14. The highest BCUT2D eigenvalue weighted by Crippen LogP contribution is 2.37. The molecule has 0 radical (unpaired) electrons. The first-order chi connectivity index (χ1) is 16.0. The van der Waals surface area contributed by atoms with Crippen molar-refractivity contribution in [2.75, 3.05) is 11.9 Å². The Morgan fingerprint density at radius 1 is 1.09 bits per heavy atom. The third-order valence-electron chi connectivity index (χ3n) is 5.72. The zero-order valence-corrected chi connectivity index (χ0v) is 18.5. The lowest BCUT2D eigenvalue weighted by Crippen LogP contribution is -2.30. The van der Waals surface area contributed by atoms with E-state index in [0.29, 0.717) is 34.5 Å². The van der Waals surface area contributed by atoms with Crippen molar-refractivity contribution < 1.29 is 14.0 Å². The van der Waals surface area contributed by atoms with E-state index < -0.39 is 11.8 Å². The van der Waals surface area contributed by atoms with Crippen LogP contribution in [-0.2, 0) is 19.5 Å². The van der Waals surface area contributed by atoms with Crippen molar-refractivity contribution in [1.82, 2.24) is 4.90 Å². The highest BCUT2D eigenvalue weighted by atomic mass is 32.1. The molecule has 1 aliphatic heterocycles. The van der Waals surface area contributed by atoms with Crippen LogP contribution >= 0.6 is 11.3 Å². The summed E-state index contributed by atoms with van der Waals surface area (Å²) in [6.07, 6.45) is 0.665. The second-order valence-electron chi connectivity index (χ2n) is 7.94. The number of carbonyl (C=O) groups is 2. The molecule has 0 unspecified atom stereocenters. The van der Waals surface area contributed by atoms with Crippen molar-refractivity contribution in [2.45, 2.75) is 19.5 Å². The number of anilines is 1. The number of rotatable bonds is 5. The molecule has 0 bridgehead atoms. The van der Waals surface area contributed by atoms with E-state index in [-0.39, 0.29) is 11.2 Å². The SMILES string of the molecule is NC(=O)c1c(NC(=O)c2cc(=O)c3ccccc3o2)sc2c1CCN(Cc1ccccc1)C2. The Morgan fingerprint density at radius 3 is 2.64 bits per heavy atom. The zero-order valence-electron chi connectivity index (χ0n) is 17.7. The highest BCUT2D eigenvalue weighted by molar-refractivity contribution is 7.17. The third kappa shape index (κ3) is 4.18. The minimum atomic E-state index is -0.597. The number of carbonyl (C=O) groups excluding carboxylic acids is 2. The van der Waals surface area contributed by atoms with Gasteiger partial charge in [0.1, 0.15) is 10.6 Å². The van der Waals surface area contributed by atoms with E-state index in [2.05, 4.69) is 22.3 Å². The fourth-order valence-corrected chi connectivity index (χ4v) is 5.45. The van der Waals surface area contributed by atoms with E-state index in [1.807, 2.05) is 18.2 Å². The van der Waals surface area contributed by atoms with E-state index >= 15 is 0 Å². The van der Waals surface area contributed by atoms with Gasteiger partial charge in [0, 0.05) is 30.6 Å². The van der Waals surface area contributed by atoms with Gasteiger partial charge in [0.2, 0.25) is 0 Å². The van der Waals surface area contributed by atoms with Crippen LogP contribution in [0.1, 0.15) is 36.9 Å². The van der Waals surface area contributed by atoms with Gasteiger partial charge < -0.3 is 15.5 Å². The molecular formula is C25H21N3O4S. The average Bonchev–Trinajstić information content (AvgIpc) is 3.17. The molecule has 4 aromatic rings. The lowest BCUT2D eigenvalue weighted by Gasteiger charge is -2.27. The van der Waals surface area contributed by atoms with Gasteiger partial charge in [-0.15, -0.1) is 11.3 Å². The molecule has 8 heteroatoms. The summed E-state index contributed by atoms with van der Waals surface area (Å²) < 4.78 is 5.63. The Labute approximate surface area is 193 Å². The molecule has 3 N–H and O–H groups in total. The molecule has 0 saturated carbocycles. The van der Waals surface area contributed by atoms with Gasteiger partial charge in [-0.25, -0.2) is 0 Å². The molecule has 1 aliphatic rings.